The van der Waals surface area contributed by atoms with Crippen LogP contribution in [0.5, 0.6) is 5.75 Å². The summed E-state index contributed by atoms with van der Waals surface area (Å²) in [5.74, 6) is 0.376. The Balaban J connectivity index is 2.07. The zero-order chi connectivity index (χ0) is 14.1. The molecule has 0 saturated heterocycles. The zero-order valence-corrected chi connectivity index (χ0v) is 11.6. The molecule has 0 unspecified atom stereocenters. The number of benzene rings is 2. The van der Waals surface area contributed by atoms with Gasteiger partial charge in [0, 0.05) is 10.6 Å². The van der Waals surface area contributed by atoms with Crippen LogP contribution in [0.1, 0.15) is 0 Å². The Morgan fingerprint density at radius 3 is 2.40 bits per heavy atom. The molecule has 1 aromatic heterocycles. The van der Waals surface area contributed by atoms with Crippen molar-refractivity contribution in [2.24, 2.45) is 0 Å². The van der Waals surface area contributed by atoms with Gasteiger partial charge < -0.3 is 9.52 Å². The van der Waals surface area contributed by atoms with Gasteiger partial charge in [-0.25, -0.2) is 0 Å². The van der Waals surface area contributed by atoms with Crippen LogP contribution >= 0.6 is 23.2 Å². The quantitative estimate of drug-likeness (QED) is 0.761. The largest absolute Gasteiger partial charge is 0.506 e. The molecule has 6 heteroatoms. The van der Waals surface area contributed by atoms with Gasteiger partial charge in [-0.2, -0.15) is 0 Å². The Kier molecular flexibility index (Phi) is 3.34. The summed E-state index contributed by atoms with van der Waals surface area (Å²) in [5.41, 5.74) is 1.09. The van der Waals surface area contributed by atoms with Crippen molar-refractivity contribution in [3.63, 3.8) is 0 Å². The minimum Gasteiger partial charge on any atom is -0.506 e. The molecule has 3 aromatic rings. The molecule has 0 saturated carbocycles. The van der Waals surface area contributed by atoms with Crippen molar-refractivity contribution in [3.8, 4) is 28.7 Å². The molecule has 0 radical (unpaired) electrons. The SMILES string of the molecule is Oc1c(Cl)cc(Cl)cc1-c1nnc(-c2ccccc2)o1. The third kappa shape index (κ3) is 2.35. The maximum absolute atomic E-state index is 9.94. The van der Waals surface area contributed by atoms with Crippen LogP contribution in [0.3, 0.4) is 0 Å². The van der Waals surface area contributed by atoms with E-state index in [1.807, 2.05) is 30.3 Å². The topological polar surface area (TPSA) is 59.2 Å². The molecule has 1 N–H and O–H groups in total. The van der Waals surface area contributed by atoms with Gasteiger partial charge in [0.15, 0.2) is 0 Å². The number of hydrogen-bond acceptors (Lipinski definition) is 4. The summed E-state index contributed by atoms with van der Waals surface area (Å²) in [6.45, 7) is 0. The summed E-state index contributed by atoms with van der Waals surface area (Å²) in [6, 6.07) is 12.3. The first-order valence-electron chi connectivity index (χ1n) is 5.72. The summed E-state index contributed by atoms with van der Waals surface area (Å²) in [5, 5.41) is 18.3. The van der Waals surface area contributed by atoms with Crippen molar-refractivity contribution < 1.29 is 9.52 Å². The van der Waals surface area contributed by atoms with E-state index in [2.05, 4.69) is 10.2 Å². The molecule has 3 rings (SSSR count). The molecular weight excluding hydrogens is 299 g/mol. The fraction of sp³-hybridized carbons (Fsp3) is 0. The average molecular weight is 307 g/mol. The molecule has 100 valence electrons. The van der Waals surface area contributed by atoms with E-state index in [-0.39, 0.29) is 16.7 Å². The third-order valence-corrected chi connectivity index (χ3v) is 3.21. The van der Waals surface area contributed by atoms with Crippen LogP contribution in [0.25, 0.3) is 22.9 Å². The first kappa shape index (κ1) is 13.0. The number of phenols is 1. The lowest BCUT2D eigenvalue weighted by Gasteiger charge is -2.02. The average Bonchev–Trinajstić information content (AvgIpc) is 2.93. The van der Waals surface area contributed by atoms with Crippen LogP contribution in [0, 0.1) is 0 Å². The number of nitrogens with zero attached hydrogens (tertiary/aromatic N) is 2. The molecular formula is C14H8Cl2N2O2. The Hall–Kier alpha value is -2.04. The van der Waals surface area contributed by atoms with Crippen LogP contribution in [-0.4, -0.2) is 15.3 Å². The van der Waals surface area contributed by atoms with Gasteiger partial charge in [0.1, 0.15) is 5.75 Å². The zero-order valence-electron chi connectivity index (χ0n) is 10.0. The molecule has 20 heavy (non-hydrogen) atoms. The summed E-state index contributed by atoms with van der Waals surface area (Å²) in [7, 11) is 0. The van der Waals surface area contributed by atoms with E-state index in [1.165, 1.54) is 12.1 Å². The molecule has 4 nitrogen and oxygen atoms in total. The molecule has 0 spiro atoms. The molecule has 0 bridgehead atoms. The van der Waals surface area contributed by atoms with Crippen molar-refractivity contribution in [1.82, 2.24) is 10.2 Å². The maximum Gasteiger partial charge on any atom is 0.252 e. The van der Waals surface area contributed by atoms with Gasteiger partial charge in [-0.05, 0) is 24.3 Å². The lowest BCUT2D eigenvalue weighted by molar-refractivity contribution is 0.473. The van der Waals surface area contributed by atoms with Gasteiger partial charge in [0.25, 0.3) is 5.89 Å². The normalized spacial score (nSPS) is 10.7. The molecule has 0 atom stereocenters. The van der Waals surface area contributed by atoms with Crippen molar-refractivity contribution >= 4 is 23.2 Å². The Bertz CT molecular complexity index is 757. The van der Waals surface area contributed by atoms with Crippen molar-refractivity contribution in [2.45, 2.75) is 0 Å². The predicted molar refractivity (Wildman–Crippen MR) is 76.9 cm³/mol. The molecule has 2 aromatic carbocycles. The van der Waals surface area contributed by atoms with E-state index in [0.29, 0.717) is 16.5 Å². The third-order valence-electron chi connectivity index (χ3n) is 2.70. The second kappa shape index (κ2) is 5.15. The highest BCUT2D eigenvalue weighted by Crippen LogP contribution is 2.38. The van der Waals surface area contributed by atoms with E-state index in [1.54, 1.807) is 0 Å². The van der Waals surface area contributed by atoms with E-state index in [9.17, 15) is 5.11 Å². The van der Waals surface area contributed by atoms with Gasteiger partial charge in [-0.15, -0.1) is 10.2 Å². The molecule has 0 aliphatic heterocycles. The smallest absolute Gasteiger partial charge is 0.252 e. The monoisotopic (exact) mass is 306 g/mol. The molecule has 0 amide bonds. The van der Waals surface area contributed by atoms with Crippen LogP contribution in [0.15, 0.2) is 46.9 Å². The van der Waals surface area contributed by atoms with Gasteiger partial charge in [0.05, 0.1) is 10.6 Å². The van der Waals surface area contributed by atoms with Crippen LogP contribution < -0.4 is 0 Å². The van der Waals surface area contributed by atoms with Gasteiger partial charge in [-0.3, -0.25) is 0 Å². The van der Waals surface area contributed by atoms with E-state index >= 15 is 0 Å². The summed E-state index contributed by atoms with van der Waals surface area (Å²) < 4.78 is 5.55. The number of hydrogen-bond donors (Lipinski definition) is 1. The number of aromatic nitrogens is 2. The molecule has 0 fully saturated rings. The highest BCUT2D eigenvalue weighted by atomic mass is 35.5. The second-order valence-corrected chi connectivity index (χ2v) is 4.91. The predicted octanol–water partition coefficient (Wildman–Crippen LogP) is 4.42. The van der Waals surface area contributed by atoms with E-state index in [4.69, 9.17) is 27.6 Å². The fourth-order valence-corrected chi connectivity index (χ4v) is 2.25. The maximum atomic E-state index is 9.94. The second-order valence-electron chi connectivity index (χ2n) is 4.06. The lowest BCUT2D eigenvalue weighted by atomic mass is 10.2. The number of phenolic OH excluding ortho intramolecular Hbond substituents is 1. The van der Waals surface area contributed by atoms with Crippen molar-refractivity contribution in [2.75, 3.05) is 0 Å². The summed E-state index contributed by atoms with van der Waals surface area (Å²) in [6.07, 6.45) is 0. The highest BCUT2D eigenvalue weighted by molar-refractivity contribution is 6.36. The Morgan fingerprint density at radius 2 is 1.65 bits per heavy atom. The van der Waals surface area contributed by atoms with Gasteiger partial charge in [0.2, 0.25) is 5.89 Å². The molecule has 1 heterocycles. The van der Waals surface area contributed by atoms with Crippen molar-refractivity contribution in [1.29, 1.82) is 0 Å². The highest BCUT2D eigenvalue weighted by Gasteiger charge is 2.16. The van der Waals surface area contributed by atoms with Crippen LogP contribution in [0.2, 0.25) is 10.0 Å². The minimum absolute atomic E-state index is 0.131. The van der Waals surface area contributed by atoms with Crippen molar-refractivity contribution in [3.05, 3.63) is 52.5 Å². The van der Waals surface area contributed by atoms with E-state index in [0.717, 1.165) is 5.56 Å². The molecule has 0 aliphatic carbocycles. The van der Waals surface area contributed by atoms with Crippen LogP contribution in [-0.2, 0) is 0 Å². The van der Waals surface area contributed by atoms with Crippen LogP contribution in [0.4, 0.5) is 0 Å². The number of rotatable bonds is 2. The molecule has 0 aliphatic rings. The van der Waals surface area contributed by atoms with Gasteiger partial charge >= 0.3 is 0 Å². The standard InChI is InChI=1S/C14H8Cl2N2O2/c15-9-6-10(12(19)11(16)7-9)14-18-17-13(20-14)8-4-2-1-3-5-8/h1-7,19H. The van der Waals surface area contributed by atoms with Gasteiger partial charge in [-0.1, -0.05) is 41.4 Å². The number of halogens is 2. The minimum atomic E-state index is -0.140. The lowest BCUT2D eigenvalue weighted by Crippen LogP contribution is -1.81. The van der Waals surface area contributed by atoms with E-state index < -0.39 is 0 Å². The number of aromatic hydroxyl groups is 1. The Morgan fingerprint density at radius 1 is 0.950 bits per heavy atom. The first-order valence-corrected chi connectivity index (χ1v) is 6.48. The summed E-state index contributed by atoms with van der Waals surface area (Å²) >= 11 is 11.8. The Labute approximate surface area is 124 Å². The first-order chi connectivity index (χ1) is 9.65. The summed E-state index contributed by atoms with van der Waals surface area (Å²) in [4.78, 5) is 0. The fourth-order valence-electron chi connectivity index (χ4n) is 1.76.